The number of amidine groups is 1. The Bertz CT molecular complexity index is 853. The van der Waals surface area contributed by atoms with E-state index in [-0.39, 0.29) is 5.54 Å². The van der Waals surface area contributed by atoms with Crippen LogP contribution in [0.1, 0.15) is 26.3 Å². The Hall–Kier alpha value is -1.13. The molecule has 0 atom stereocenters. The first-order valence-corrected chi connectivity index (χ1v) is 10.3. The van der Waals surface area contributed by atoms with Gasteiger partial charge in [-0.3, -0.25) is 9.89 Å². The van der Waals surface area contributed by atoms with Crippen molar-refractivity contribution in [2.75, 3.05) is 4.90 Å². The van der Waals surface area contributed by atoms with Crippen LogP contribution in [-0.2, 0) is 5.75 Å². The minimum absolute atomic E-state index is 0.264. The smallest absolute Gasteiger partial charge is 0.169 e. The van der Waals surface area contributed by atoms with Crippen molar-refractivity contribution in [2.45, 2.75) is 32.1 Å². The first-order chi connectivity index (χ1) is 12.3. The van der Waals surface area contributed by atoms with Crippen molar-refractivity contribution >= 4 is 57.4 Å². The second kappa shape index (κ2) is 7.85. The van der Waals surface area contributed by atoms with Gasteiger partial charge in [-0.1, -0.05) is 52.6 Å². The summed E-state index contributed by atoms with van der Waals surface area (Å²) in [5, 5.41) is 2.96. The van der Waals surface area contributed by atoms with E-state index in [4.69, 9.17) is 39.8 Å². The highest BCUT2D eigenvalue weighted by atomic mass is 35.5. The zero-order valence-electron chi connectivity index (χ0n) is 14.8. The third-order valence-corrected chi connectivity index (χ3v) is 5.91. The Morgan fingerprint density at radius 2 is 1.62 bits per heavy atom. The fourth-order valence-electron chi connectivity index (χ4n) is 2.86. The molecular formula is C20H19Cl3N2S. The van der Waals surface area contributed by atoms with Crippen LogP contribution in [0.15, 0.2) is 59.2 Å². The lowest BCUT2D eigenvalue weighted by molar-refractivity contribution is 0.642. The van der Waals surface area contributed by atoms with Crippen LogP contribution in [0.25, 0.3) is 0 Å². The Kier molecular flexibility index (Phi) is 5.93. The molecule has 1 aliphatic rings. The molecule has 0 aromatic heterocycles. The maximum Gasteiger partial charge on any atom is 0.169 e. The summed E-state index contributed by atoms with van der Waals surface area (Å²) in [6, 6.07) is 13.3. The van der Waals surface area contributed by atoms with E-state index in [1.165, 1.54) is 0 Å². The molecule has 136 valence electrons. The highest BCUT2D eigenvalue weighted by molar-refractivity contribution is 8.13. The Morgan fingerprint density at radius 1 is 1.00 bits per heavy atom. The van der Waals surface area contributed by atoms with Crippen LogP contribution >= 0.6 is 46.6 Å². The van der Waals surface area contributed by atoms with Gasteiger partial charge in [0.05, 0.1) is 5.54 Å². The van der Waals surface area contributed by atoms with E-state index in [0.29, 0.717) is 20.8 Å². The number of rotatable bonds is 3. The van der Waals surface area contributed by atoms with Gasteiger partial charge in [0.2, 0.25) is 0 Å². The molecule has 2 aromatic rings. The van der Waals surface area contributed by atoms with E-state index < -0.39 is 0 Å². The van der Waals surface area contributed by atoms with Crippen molar-refractivity contribution in [3.63, 3.8) is 0 Å². The summed E-state index contributed by atoms with van der Waals surface area (Å²) in [6.07, 6.45) is 2.16. The number of halogens is 3. The molecule has 0 saturated carbocycles. The number of anilines is 1. The summed E-state index contributed by atoms with van der Waals surface area (Å²) < 4.78 is 0. The summed E-state index contributed by atoms with van der Waals surface area (Å²) in [5.74, 6) is 0.644. The summed E-state index contributed by atoms with van der Waals surface area (Å²) >= 11 is 20.3. The van der Waals surface area contributed by atoms with Crippen molar-refractivity contribution < 1.29 is 0 Å². The maximum atomic E-state index is 6.33. The summed E-state index contributed by atoms with van der Waals surface area (Å²) in [5.41, 5.74) is 2.81. The topological polar surface area (TPSA) is 15.6 Å². The molecule has 0 bridgehead atoms. The number of hydrogen-bond donors (Lipinski definition) is 0. The van der Waals surface area contributed by atoms with Crippen molar-refractivity contribution in [3.05, 3.63) is 74.9 Å². The Balaban J connectivity index is 1.93. The fourth-order valence-corrected chi connectivity index (χ4v) is 4.94. The molecule has 1 aliphatic heterocycles. The number of benzene rings is 2. The molecule has 0 fully saturated rings. The van der Waals surface area contributed by atoms with Gasteiger partial charge in [-0.05, 0) is 68.8 Å². The monoisotopic (exact) mass is 424 g/mol. The van der Waals surface area contributed by atoms with E-state index in [0.717, 1.165) is 22.1 Å². The predicted octanol–water partition coefficient (Wildman–Crippen LogP) is 7.44. The third kappa shape index (κ3) is 4.40. The molecule has 6 heteroatoms. The van der Waals surface area contributed by atoms with E-state index in [2.05, 4.69) is 31.7 Å². The number of hydrogen-bond acceptors (Lipinski definition) is 3. The van der Waals surface area contributed by atoms with Crippen LogP contribution in [0.3, 0.4) is 0 Å². The lowest BCUT2D eigenvalue weighted by atomic mass is 10.0. The highest BCUT2D eigenvalue weighted by Crippen LogP contribution is 2.35. The van der Waals surface area contributed by atoms with Gasteiger partial charge in [0.25, 0.3) is 0 Å². The number of thioether (sulfide) groups is 1. The minimum Gasteiger partial charge on any atom is -0.294 e. The average molecular weight is 426 g/mol. The standard InChI is InChI=1S/C20H19Cl3N2S/c1-13-11-20(2,3)24-19(25(13)15-9-7-14(21)8-10-15)26-12-16-17(22)5-4-6-18(16)23/h4-11H,12H2,1-3H3. The first-order valence-electron chi connectivity index (χ1n) is 8.17. The lowest BCUT2D eigenvalue weighted by Crippen LogP contribution is -2.35. The second-order valence-corrected chi connectivity index (χ2v) is 8.83. The van der Waals surface area contributed by atoms with Crippen molar-refractivity contribution in [1.82, 2.24) is 0 Å². The van der Waals surface area contributed by atoms with E-state index >= 15 is 0 Å². The number of nitrogens with zero attached hydrogens (tertiary/aromatic N) is 2. The molecular weight excluding hydrogens is 407 g/mol. The van der Waals surface area contributed by atoms with Crippen LogP contribution in [0.2, 0.25) is 15.1 Å². The lowest BCUT2D eigenvalue weighted by Gasteiger charge is -2.34. The minimum atomic E-state index is -0.264. The van der Waals surface area contributed by atoms with E-state index in [1.54, 1.807) is 11.8 Å². The molecule has 0 radical (unpaired) electrons. The Morgan fingerprint density at radius 3 is 2.23 bits per heavy atom. The van der Waals surface area contributed by atoms with Crippen LogP contribution in [0.4, 0.5) is 5.69 Å². The first kappa shape index (κ1) is 19.6. The van der Waals surface area contributed by atoms with Crippen LogP contribution in [0, 0.1) is 0 Å². The number of allylic oxidation sites excluding steroid dienone is 1. The SMILES string of the molecule is CC1=CC(C)(C)N=C(SCc2c(Cl)cccc2Cl)N1c1ccc(Cl)cc1. The molecule has 0 unspecified atom stereocenters. The normalized spacial score (nSPS) is 16.3. The fraction of sp³-hybridized carbons (Fsp3) is 0.250. The van der Waals surface area contributed by atoms with Gasteiger partial charge in [0.15, 0.2) is 5.17 Å². The van der Waals surface area contributed by atoms with Gasteiger partial charge in [-0.15, -0.1) is 0 Å². The molecule has 1 heterocycles. The van der Waals surface area contributed by atoms with Crippen molar-refractivity contribution in [2.24, 2.45) is 4.99 Å². The van der Waals surface area contributed by atoms with Gasteiger partial charge in [0.1, 0.15) is 0 Å². The predicted molar refractivity (Wildman–Crippen MR) is 117 cm³/mol. The average Bonchev–Trinajstić information content (AvgIpc) is 2.54. The molecule has 0 amide bonds. The quantitative estimate of drug-likeness (QED) is 0.508. The van der Waals surface area contributed by atoms with Crippen LogP contribution in [-0.4, -0.2) is 10.7 Å². The zero-order chi connectivity index (χ0) is 18.9. The van der Waals surface area contributed by atoms with Crippen LogP contribution in [0.5, 0.6) is 0 Å². The molecule has 0 aliphatic carbocycles. The van der Waals surface area contributed by atoms with Crippen molar-refractivity contribution in [1.29, 1.82) is 0 Å². The van der Waals surface area contributed by atoms with Gasteiger partial charge in [0, 0.05) is 32.2 Å². The van der Waals surface area contributed by atoms with Crippen molar-refractivity contribution in [3.8, 4) is 0 Å². The molecule has 3 rings (SSSR count). The zero-order valence-corrected chi connectivity index (χ0v) is 17.8. The molecule has 2 nitrogen and oxygen atoms in total. The van der Waals surface area contributed by atoms with Gasteiger partial charge >= 0.3 is 0 Å². The summed E-state index contributed by atoms with van der Waals surface area (Å²) in [6.45, 7) is 6.28. The Labute approximate surface area is 173 Å². The second-order valence-electron chi connectivity index (χ2n) is 6.63. The van der Waals surface area contributed by atoms with E-state index in [9.17, 15) is 0 Å². The molecule has 2 aromatic carbocycles. The van der Waals surface area contributed by atoms with Gasteiger partial charge in [-0.2, -0.15) is 0 Å². The van der Waals surface area contributed by atoms with E-state index in [1.807, 2.05) is 42.5 Å². The molecule has 26 heavy (non-hydrogen) atoms. The maximum absolute atomic E-state index is 6.33. The van der Waals surface area contributed by atoms with Gasteiger partial charge < -0.3 is 0 Å². The largest absolute Gasteiger partial charge is 0.294 e. The molecule has 0 spiro atoms. The van der Waals surface area contributed by atoms with Gasteiger partial charge in [-0.25, -0.2) is 0 Å². The number of aliphatic imine (C=N–C) groups is 1. The summed E-state index contributed by atoms with van der Waals surface area (Å²) in [7, 11) is 0. The molecule has 0 N–H and O–H groups in total. The molecule has 0 saturated heterocycles. The summed E-state index contributed by atoms with van der Waals surface area (Å²) in [4.78, 5) is 7.07. The van der Waals surface area contributed by atoms with Crippen LogP contribution < -0.4 is 4.90 Å². The highest BCUT2D eigenvalue weighted by Gasteiger charge is 2.27. The third-order valence-electron chi connectivity index (χ3n) is 3.98.